The van der Waals surface area contributed by atoms with E-state index in [-0.39, 0.29) is 17.8 Å². The minimum Gasteiger partial charge on any atom is -0.306 e. The van der Waals surface area contributed by atoms with Gasteiger partial charge in [0.25, 0.3) is 0 Å². The number of thiazole rings is 1. The lowest BCUT2D eigenvalue weighted by Gasteiger charge is -2.18. The highest BCUT2D eigenvalue weighted by atomic mass is 32.1. The molecule has 1 aromatic carbocycles. The Labute approximate surface area is 120 Å². The van der Waals surface area contributed by atoms with E-state index in [1.807, 2.05) is 29.8 Å². The van der Waals surface area contributed by atoms with Crippen molar-refractivity contribution in [3.63, 3.8) is 0 Å². The number of hydrogen-bond acceptors (Lipinski definition) is 4. The summed E-state index contributed by atoms with van der Waals surface area (Å²) < 4.78 is 0. The first-order valence-electron chi connectivity index (χ1n) is 6.51. The van der Waals surface area contributed by atoms with Gasteiger partial charge in [-0.1, -0.05) is 6.07 Å². The second-order valence-corrected chi connectivity index (χ2v) is 5.79. The molecule has 0 radical (unpaired) electrons. The number of hydrogen-bond donors (Lipinski definition) is 3. The molecule has 2 heterocycles. The van der Waals surface area contributed by atoms with Gasteiger partial charge in [0.2, 0.25) is 0 Å². The second kappa shape index (κ2) is 5.22. The highest BCUT2D eigenvalue weighted by Gasteiger charge is 2.13. The van der Waals surface area contributed by atoms with Crippen molar-refractivity contribution in [3.05, 3.63) is 50.8 Å². The molecule has 104 valence electrons. The van der Waals surface area contributed by atoms with Crippen LogP contribution in [0.1, 0.15) is 36.5 Å². The van der Waals surface area contributed by atoms with Gasteiger partial charge in [-0.2, -0.15) is 0 Å². The van der Waals surface area contributed by atoms with Crippen LogP contribution in [0.25, 0.3) is 11.0 Å². The number of imidazole rings is 1. The van der Waals surface area contributed by atoms with Crippen molar-refractivity contribution in [3.8, 4) is 0 Å². The predicted molar refractivity (Wildman–Crippen MR) is 81.0 cm³/mol. The fraction of sp³-hybridized carbons (Fsp3) is 0.286. The summed E-state index contributed by atoms with van der Waals surface area (Å²) in [4.78, 5) is 21.1. The number of nitrogens with zero attached hydrogens (tertiary/aromatic N) is 1. The van der Waals surface area contributed by atoms with E-state index in [0.29, 0.717) is 0 Å². The highest BCUT2D eigenvalue weighted by molar-refractivity contribution is 7.09. The topological polar surface area (TPSA) is 73.6 Å². The molecular weight excluding hydrogens is 272 g/mol. The average molecular weight is 288 g/mol. The maximum Gasteiger partial charge on any atom is 0.323 e. The van der Waals surface area contributed by atoms with E-state index in [0.717, 1.165) is 21.6 Å². The Bertz CT molecular complexity index is 759. The van der Waals surface area contributed by atoms with Crippen LogP contribution in [0.5, 0.6) is 0 Å². The molecule has 6 heteroatoms. The monoisotopic (exact) mass is 288 g/mol. The third-order valence-corrected chi connectivity index (χ3v) is 4.32. The predicted octanol–water partition coefficient (Wildman–Crippen LogP) is 2.72. The third kappa shape index (κ3) is 2.52. The minimum atomic E-state index is -0.172. The molecule has 20 heavy (non-hydrogen) atoms. The van der Waals surface area contributed by atoms with Gasteiger partial charge in [-0.25, -0.2) is 9.78 Å². The summed E-state index contributed by atoms with van der Waals surface area (Å²) in [7, 11) is 0. The van der Waals surface area contributed by atoms with Crippen LogP contribution in [0.2, 0.25) is 0 Å². The van der Waals surface area contributed by atoms with E-state index in [1.165, 1.54) is 0 Å². The Morgan fingerprint density at radius 2 is 2.00 bits per heavy atom. The molecule has 3 rings (SSSR count). The number of fused-ring (bicyclic) bond motifs is 1. The van der Waals surface area contributed by atoms with Crippen LogP contribution >= 0.6 is 11.3 Å². The van der Waals surface area contributed by atoms with Crippen molar-refractivity contribution in [1.29, 1.82) is 0 Å². The van der Waals surface area contributed by atoms with Crippen molar-refractivity contribution >= 4 is 22.4 Å². The maximum atomic E-state index is 11.3. The van der Waals surface area contributed by atoms with E-state index < -0.39 is 0 Å². The number of aromatic amines is 2. The van der Waals surface area contributed by atoms with Crippen molar-refractivity contribution in [2.75, 3.05) is 0 Å². The summed E-state index contributed by atoms with van der Waals surface area (Å²) in [6, 6.07) is 6.33. The standard InChI is InChI=1S/C14H16N4OS/c1-8(16-9(2)13-15-5-6-20-13)10-3-4-11-12(7-10)18-14(19)17-11/h3-9,16H,1-2H3,(H2,17,18,19). The minimum absolute atomic E-state index is 0.172. The van der Waals surface area contributed by atoms with Crippen LogP contribution in [0.4, 0.5) is 0 Å². The van der Waals surface area contributed by atoms with Gasteiger partial charge in [-0.15, -0.1) is 11.3 Å². The third-order valence-electron chi connectivity index (χ3n) is 3.36. The van der Waals surface area contributed by atoms with E-state index in [9.17, 15) is 4.79 Å². The van der Waals surface area contributed by atoms with Crippen LogP contribution in [0.3, 0.4) is 0 Å². The maximum absolute atomic E-state index is 11.3. The van der Waals surface area contributed by atoms with Crippen molar-refractivity contribution in [2.24, 2.45) is 0 Å². The van der Waals surface area contributed by atoms with Crippen molar-refractivity contribution in [1.82, 2.24) is 20.3 Å². The zero-order chi connectivity index (χ0) is 14.1. The van der Waals surface area contributed by atoms with Gasteiger partial charge < -0.3 is 15.3 Å². The largest absolute Gasteiger partial charge is 0.323 e. The van der Waals surface area contributed by atoms with Gasteiger partial charge in [-0.05, 0) is 31.5 Å². The van der Waals surface area contributed by atoms with Crippen molar-refractivity contribution in [2.45, 2.75) is 25.9 Å². The number of benzene rings is 1. The molecule has 0 bridgehead atoms. The molecule has 0 aliphatic carbocycles. The number of H-pyrrole nitrogens is 2. The molecule has 0 aliphatic rings. The van der Waals surface area contributed by atoms with E-state index >= 15 is 0 Å². The molecule has 3 N–H and O–H groups in total. The summed E-state index contributed by atoms with van der Waals surface area (Å²) in [5.41, 5.74) is 2.63. The quantitative estimate of drug-likeness (QED) is 0.691. The average Bonchev–Trinajstić information content (AvgIpc) is 3.05. The summed E-state index contributed by atoms with van der Waals surface area (Å²) >= 11 is 1.65. The summed E-state index contributed by atoms with van der Waals surface area (Å²) in [6.07, 6.45) is 1.82. The van der Waals surface area contributed by atoms with E-state index in [4.69, 9.17) is 0 Å². The van der Waals surface area contributed by atoms with Crippen LogP contribution in [0, 0.1) is 0 Å². The lowest BCUT2D eigenvalue weighted by atomic mass is 10.1. The Balaban J connectivity index is 1.81. The van der Waals surface area contributed by atoms with Gasteiger partial charge in [0.1, 0.15) is 5.01 Å². The molecule has 2 aromatic heterocycles. The Morgan fingerprint density at radius 1 is 1.20 bits per heavy atom. The lowest BCUT2D eigenvalue weighted by Crippen LogP contribution is -2.22. The normalized spacial score (nSPS) is 14.5. The van der Waals surface area contributed by atoms with Gasteiger partial charge in [0, 0.05) is 17.6 Å². The molecule has 2 unspecified atom stereocenters. The molecule has 0 spiro atoms. The number of rotatable bonds is 4. The number of nitrogens with one attached hydrogen (secondary N) is 3. The highest BCUT2D eigenvalue weighted by Crippen LogP contribution is 2.22. The van der Waals surface area contributed by atoms with Crippen LogP contribution in [0.15, 0.2) is 34.6 Å². The first kappa shape index (κ1) is 13.1. The molecule has 0 fully saturated rings. The Morgan fingerprint density at radius 3 is 2.75 bits per heavy atom. The molecule has 0 saturated heterocycles. The van der Waals surface area contributed by atoms with Gasteiger partial charge >= 0.3 is 5.69 Å². The number of aromatic nitrogens is 3. The van der Waals surface area contributed by atoms with E-state index in [2.05, 4.69) is 34.1 Å². The molecule has 0 saturated carbocycles. The summed E-state index contributed by atoms with van der Waals surface area (Å²) in [5.74, 6) is 0. The lowest BCUT2D eigenvalue weighted by molar-refractivity contribution is 0.493. The SMILES string of the molecule is CC(NC(C)c1nccs1)c1ccc2[nH]c(=O)[nH]c2c1. The summed E-state index contributed by atoms with van der Waals surface area (Å²) in [5, 5.41) is 6.57. The smallest absolute Gasteiger partial charge is 0.306 e. The van der Waals surface area contributed by atoms with E-state index in [1.54, 1.807) is 11.3 Å². The van der Waals surface area contributed by atoms with Crippen LogP contribution in [-0.4, -0.2) is 15.0 Å². The van der Waals surface area contributed by atoms with Crippen LogP contribution in [-0.2, 0) is 0 Å². The fourth-order valence-electron chi connectivity index (χ4n) is 2.31. The first-order chi connectivity index (χ1) is 9.63. The molecule has 5 nitrogen and oxygen atoms in total. The Kier molecular flexibility index (Phi) is 3.42. The molecular formula is C14H16N4OS. The summed E-state index contributed by atoms with van der Waals surface area (Å²) in [6.45, 7) is 4.21. The van der Waals surface area contributed by atoms with Crippen LogP contribution < -0.4 is 11.0 Å². The van der Waals surface area contributed by atoms with Gasteiger partial charge in [0.15, 0.2) is 0 Å². The first-order valence-corrected chi connectivity index (χ1v) is 7.39. The molecule has 3 aromatic rings. The van der Waals surface area contributed by atoms with Gasteiger partial charge in [0.05, 0.1) is 17.1 Å². The molecule has 0 aliphatic heterocycles. The molecule has 2 atom stereocenters. The zero-order valence-corrected chi connectivity index (χ0v) is 12.1. The zero-order valence-electron chi connectivity index (χ0n) is 11.3. The molecule has 0 amide bonds. The fourth-order valence-corrected chi connectivity index (χ4v) is 2.97. The van der Waals surface area contributed by atoms with Gasteiger partial charge in [-0.3, -0.25) is 0 Å². The Hall–Kier alpha value is -1.92. The second-order valence-electron chi connectivity index (χ2n) is 4.86. The van der Waals surface area contributed by atoms with Crippen molar-refractivity contribution < 1.29 is 0 Å².